The Kier molecular flexibility index (Phi) is 3.47. The smallest absolute Gasteiger partial charge is 0.249 e. The highest BCUT2D eigenvalue weighted by Gasteiger charge is 2.29. The van der Waals surface area contributed by atoms with Crippen LogP contribution in [-0.4, -0.2) is 24.9 Å². The minimum absolute atomic E-state index is 0.186. The lowest BCUT2D eigenvalue weighted by Gasteiger charge is -2.31. The van der Waals surface area contributed by atoms with E-state index in [0.29, 0.717) is 12.8 Å². The molecule has 5 heteroatoms. The lowest BCUT2D eigenvalue weighted by atomic mass is 10.0. The maximum atomic E-state index is 11.7. The molecule has 0 bridgehead atoms. The number of hydrogen-bond acceptors (Lipinski definition) is 3. The number of hydrogen-bond donors (Lipinski definition) is 1. The summed E-state index contributed by atoms with van der Waals surface area (Å²) in [5.41, 5.74) is 0.953. The minimum atomic E-state index is -0.276. The number of benzene rings is 1. The topological polar surface area (TPSA) is 49.4 Å². The molecule has 0 radical (unpaired) electrons. The molecule has 1 atom stereocenters. The van der Waals surface area contributed by atoms with Gasteiger partial charge in [0.1, 0.15) is 6.04 Å². The van der Waals surface area contributed by atoms with Crippen LogP contribution >= 0.6 is 15.9 Å². The van der Waals surface area contributed by atoms with Gasteiger partial charge in [0.15, 0.2) is 0 Å². The first-order chi connectivity index (χ1) is 8.08. The maximum Gasteiger partial charge on any atom is 0.249 e. The van der Waals surface area contributed by atoms with Crippen LogP contribution in [0.2, 0.25) is 0 Å². The number of carbonyl (C=O) groups is 2. The maximum absolute atomic E-state index is 11.7. The third-order valence-corrected chi connectivity index (χ3v) is 3.39. The number of piperidine rings is 1. The lowest BCUT2D eigenvalue weighted by Crippen LogP contribution is -2.51. The van der Waals surface area contributed by atoms with Gasteiger partial charge in [-0.2, -0.15) is 0 Å². The van der Waals surface area contributed by atoms with Crippen LogP contribution in [0.5, 0.6) is 0 Å². The van der Waals surface area contributed by atoms with E-state index in [2.05, 4.69) is 21.2 Å². The fourth-order valence-electron chi connectivity index (χ4n) is 1.93. The van der Waals surface area contributed by atoms with Gasteiger partial charge < -0.3 is 4.90 Å². The summed E-state index contributed by atoms with van der Waals surface area (Å²) in [4.78, 5) is 24.7. The number of halogens is 1. The van der Waals surface area contributed by atoms with E-state index >= 15 is 0 Å². The van der Waals surface area contributed by atoms with Crippen molar-refractivity contribution in [2.45, 2.75) is 18.9 Å². The number of carbonyl (C=O) groups excluding carboxylic acids is 2. The van der Waals surface area contributed by atoms with Crippen LogP contribution in [0.3, 0.4) is 0 Å². The highest BCUT2D eigenvalue weighted by molar-refractivity contribution is 9.10. The van der Waals surface area contributed by atoms with Crippen molar-refractivity contribution in [1.82, 2.24) is 5.32 Å². The molecule has 1 unspecified atom stereocenters. The fourth-order valence-corrected chi connectivity index (χ4v) is 2.31. The Morgan fingerprint density at radius 2 is 2.18 bits per heavy atom. The predicted molar refractivity (Wildman–Crippen MR) is 68.7 cm³/mol. The average Bonchev–Trinajstić information content (AvgIpc) is 2.28. The second-order valence-electron chi connectivity index (χ2n) is 4.06. The molecule has 1 heterocycles. The molecular weight excluding hydrogens is 284 g/mol. The van der Waals surface area contributed by atoms with Crippen molar-refractivity contribution in [2.75, 3.05) is 11.9 Å². The molecular formula is C12H13BrN2O2. The van der Waals surface area contributed by atoms with Crippen LogP contribution in [-0.2, 0) is 9.59 Å². The Balaban J connectivity index is 2.17. The zero-order valence-electron chi connectivity index (χ0n) is 9.44. The Morgan fingerprint density at radius 1 is 1.41 bits per heavy atom. The summed E-state index contributed by atoms with van der Waals surface area (Å²) in [6.45, 7) is 0. The molecule has 1 aromatic rings. The number of rotatable bonds is 2. The van der Waals surface area contributed by atoms with Gasteiger partial charge in [-0.3, -0.25) is 14.9 Å². The summed E-state index contributed by atoms with van der Waals surface area (Å²) in [7, 11) is 1.86. The normalized spacial score (nSPS) is 20.0. The van der Waals surface area contributed by atoms with Crippen molar-refractivity contribution in [3.63, 3.8) is 0 Å². The van der Waals surface area contributed by atoms with Crippen molar-refractivity contribution in [3.05, 3.63) is 28.7 Å². The van der Waals surface area contributed by atoms with Crippen molar-refractivity contribution in [1.29, 1.82) is 0 Å². The number of nitrogens with zero attached hydrogens (tertiary/aromatic N) is 1. The Hall–Kier alpha value is -1.36. The molecule has 0 saturated carbocycles. The van der Waals surface area contributed by atoms with E-state index < -0.39 is 0 Å². The molecule has 1 N–H and O–H groups in total. The van der Waals surface area contributed by atoms with E-state index in [-0.39, 0.29) is 17.9 Å². The third-order valence-electron chi connectivity index (χ3n) is 2.89. The van der Waals surface area contributed by atoms with Crippen LogP contribution < -0.4 is 10.2 Å². The zero-order chi connectivity index (χ0) is 12.4. The van der Waals surface area contributed by atoms with E-state index in [4.69, 9.17) is 0 Å². The zero-order valence-corrected chi connectivity index (χ0v) is 11.0. The molecule has 1 aromatic carbocycles. The second-order valence-corrected chi connectivity index (χ2v) is 4.97. The lowest BCUT2D eigenvalue weighted by molar-refractivity contribution is -0.134. The van der Waals surface area contributed by atoms with E-state index in [0.717, 1.165) is 10.2 Å². The first-order valence-corrected chi connectivity index (χ1v) is 6.19. The monoisotopic (exact) mass is 296 g/mol. The second kappa shape index (κ2) is 4.87. The third kappa shape index (κ3) is 2.66. The van der Waals surface area contributed by atoms with Gasteiger partial charge >= 0.3 is 0 Å². The van der Waals surface area contributed by atoms with E-state index in [9.17, 15) is 9.59 Å². The van der Waals surface area contributed by atoms with Crippen LogP contribution in [0, 0.1) is 0 Å². The molecule has 1 fully saturated rings. The summed E-state index contributed by atoms with van der Waals surface area (Å²) in [6, 6.07) is 7.46. The average molecular weight is 297 g/mol. The van der Waals surface area contributed by atoms with Crippen LogP contribution in [0.4, 0.5) is 5.69 Å². The standard InChI is InChI=1S/C12H13BrN2O2/c1-15(9-4-2-3-8(13)7-9)10-5-6-11(16)14-12(10)17/h2-4,7,10H,5-6H2,1H3,(H,14,16,17). The molecule has 1 aliphatic rings. The number of imide groups is 1. The number of nitrogens with one attached hydrogen (secondary N) is 1. The Morgan fingerprint density at radius 3 is 2.82 bits per heavy atom. The molecule has 0 aromatic heterocycles. The van der Waals surface area contributed by atoms with Crippen molar-refractivity contribution >= 4 is 33.4 Å². The summed E-state index contributed by atoms with van der Waals surface area (Å²) < 4.78 is 0.967. The molecule has 17 heavy (non-hydrogen) atoms. The molecule has 2 rings (SSSR count). The summed E-state index contributed by atoms with van der Waals surface area (Å²) in [5.74, 6) is -0.405. The number of likely N-dealkylation sites (N-methyl/N-ethyl adjacent to an activating group) is 1. The molecule has 1 saturated heterocycles. The van der Waals surface area contributed by atoms with Gasteiger partial charge in [-0.05, 0) is 24.6 Å². The van der Waals surface area contributed by atoms with Crippen LogP contribution in [0.25, 0.3) is 0 Å². The van der Waals surface area contributed by atoms with E-state index in [1.54, 1.807) is 0 Å². The predicted octanol–water partition coefficient (Wildman–Crippen LogP) is 1.69. The first-order valence-electron chi connectivity index (χ1n) is 5.40. The highest BCUT2D eigenvalue weighted by Crippen LogP contribution is 2.23. The molecule has 0 aliphatic carbocycles. The van der Waals surface area contributed by atoms with Gasteiger partial charge in [0.2, 0.25) is 11.8 Å². The molecule has 90 valence electrons. The Bertz CT molecular complexity index is 462. The van der Waals surface area contributed by atoms with Gasteiger partial charge in [0, 0.05) is 23.6 Å². The van der Waals surface area contributed by atoms with Crippen molar-refractivity contribution in [3.8, 4) is 0 Å². The van der Waals surface area contributed by atoms with Gasteiger partial charge in [-0.25, -0.2) is 0 Å². The van der Waals surface area contributed by atoms with Crippen molar-refractivity contribution in [2.24, 2.45) is 0 Å². The molecule has 0 spiro atoms. The Labute approximate surface area is 108 Å². The fraction of sp³-hybridized carbons (Fsp3) is 0.333. The quantitative estimate of drug-likeness (QED) is 0.845. The molecule has 2 amide bonds. The minimum Gasteiger partial charge on any atom is -0.363 e. The highest BCUT2D eigenvalue weighted by atomic mass is 79.9. The molecule has 1 aliphatic heterocycles. The van der Waals surface area contributed by atoms with Crippen LogP contribution in [0.1, 0.15) is 12.8 Å². The summed E-state index contributed by atoms with van der Waals surface area (Å²) >= 11 is 3.40. The van der Waals surface area contributed by atoms with Gasteiger partial charge in [-0.15, -0.1) is 0 Å². The van der Waals surface area contributed by atoms with E-state index in [1.807, 2.05) is 36.2 Å². The van der Waals surface area contributed by atoms with Crippen LogP contribution in [0.15, 0.2) is 28.7 Å². The van der Waals surface area contributed by atoms with E-state index in [1.165, 1.54) is 0 Å². The van der Waals surface area contributed by atoms with Gasteiger partial charge in [-0.1, -0.05) is 22.0 Å². The number of amides is 2. The largest absolute Gasteiger partial charge is 0.363 e. The molecule has 4 nitrogen and oxygen atoms in total. The van der Waals surface area contributed by atoms with Crippen molar-refractivity contribution < 1.29 is 9.59 Å². The first kappa shape index (κ1) is 12.1. The SMILES string of the molecule is CN(c1cccc(Br)c1)C1CCC(=O)NC1=O. The van der Waals surface area contributed by atoms with Gasteiger partial charge in [0.05, 0.1) is 0 Å². The summed E-state index contributed by atoms with van der Waals surface area (Å²) in [6.07, 6.45) is 0.961. The number of anilines is 1. The van der Waals surface area contributed by atoms with Gasteiger partial charge in [0.25, 0.3) is 0 Å². The summed E-state index contributed by atoms with van der Waals surface area (Å²) in [5, 5.41) is 2.36.